The Morgan fingerprint density at radius 1 is 0.714 bits per heavy atom. The van der Waals surface area contributed by atoms with Gasteiger partial charge in [-0.2, -0.15) is 16.8 Å². The molecule has 0 bridgehead atoms. The van der Waals surface area contributed by atoms with Crippen molar-refractivity contribution in [3.8, 4) is 0 Å². The molecule has 6 nitrogen and oxygen atoms in total. The van der Waals surface area contributed by atoms with Gasteiger partial charge >= 0.3 is 0 Å². The van der Waals surface area contributed by atoms with Gasteiger partial charge in [-0.3, -0.25) is 8.37 Å². The molecule has 3 rings (SSSR count). The predicted molar refractivity (Wildman–Crippen MR) is 105 cm³/mol. The lowest BCUT2D eigenvalue weighted by atomic mass is 9.70. The molecule has 0 N–H and O–H groups in total. The van der Waals surface area contributed by atoms with E-state index in [1.54, 1.807) is 24.3 Å². The van der Waals surface area contributed by atoms with Gasteiger partial charge in [0.1, 0.15) is 0 Å². The zero-order valence-corrected chi connectivity index (χ0v) is 17.6. The van der Waals surface area contributed by atoms with Gasteiger partial charge in [-0.15, -0.1) is 0 Å². The Morgan fingerprint density at radius 3 is 1.36 bits per heavy atom. The molecule has 0 atom stereocenters. The largest absolute Gasteiger partial charge is 0.296 e. The molecule has 1 aliphatic carbocycles. The van der Waals surface area contributed by atoms with Gasteiger partial charge in [0.25, 0.3) is 20.2 Å². The van der Waals surface area contributed by atoms with Gasteiger partial charge in [-0.25, -0.2) is 0 Å². The molecule has 0 spiro atoms. The minimum Gasteiger partial charge on any atom is -0.266 e. The van der Waals surface area contributed by atoms with Crippen molar-refractivity contribution in [3.63, 3.8) is 0 Å². The zero-order chi connectivity index (χ0) is 20.4. The van der Waals surface area contributed by atoms with Gasteiger partial charge in [0.15, 0.2) is 0 Å². The fourth-order valence-corrected chi connectivity index (χ4v) is 4.98. The van der Waals surface area contributed by atoms with E-state index in [2.05, 4.69) is 0 Å². The van der Waals surface area contributed by atoms with Crippen LogP contribution in [0.25, 0.3) is 0 Å². The van der Waals surface area contributed by atoms with E-state index < -0.39 is 25.7 Å². The Kier molecular flexibility index (Phi) is 5.95. The topological polar surface area (TPSA) is 86.7 Å². The number of aryl methyl sites for hydroxylation is 2. The van der Waals surface area contributed by atoms with E-state index in [1.165, 1.54) is 24.3 Å². The van der Waals surface area contributed by atoms with Crippen LogP contribution < -0.4 is 0 Å². The third-order valence-corrected chi connectivity index (χ3v) is 7.63. The Hall–Kier alpha value is -1.74. The molecule has 28 heavy (non-hydrogen) atoms. The van der Waals surface area contributed by atoms with Crippen molar-refractivity contribution in [2.45, 2.75) is 42.9 Å². The van der Waals surface area contributed by atoms with Crippen LogP contribution in [-0.2, 0) is 28.6 Å². The summed E-state index contributed by atoms with van der Waals surface area (Å²) in [5.74, 6) is 0. The maximum atomic E-state index is 12.4. The molecule has 1 fully saturated rings. The standard InChI is InChI=1S/C20H24O6S2/c1-16-4-8-18(9-5-16)27(21,22)25-14-20(12-3-13-20)15-26-28(23,24)19-10-6-17(2)7-11-19/h4-11H,3,12-15H2,1-2H3. The van der Waals surface area contributed by atoms with Crippen molar-refractivity contribution in [2.75, 3.05) is 13.2 Å². The lowest BCUT2D eigenvalue weighted by Crippen LogP contribution is -2.40. The predicted octanol–water partition coefficient (Wildman–Crippen LogP) is 3.58. The molecule has 0 radical (unpaired) electrons. The summed E-state index contributed by atoms with van der Waals surface area (Å²) in [4.78, 5) is 0.168. The monoisotopic (exact) mass is 424 g/mol. The summed E-state index contributed by atoms with van der Waals surface area (Å²) in [6, 6.07) is 12.8. The van der Waals surface area contributed by atoms with Crippen LogP contribution in [-0.4, -0.2) is 30.0 Å². The molecule has 8 heteroatoms. The van der Waals surface area contributed by atoms with Gasteiger partial charge < -0.3 is 0 Å². The number of hydrogen-bond donors (Lipinski definition) is 0. The lowest BCUT2D eigenvalue weighted by Gasteiger charge is -2.40. The summed E-state index contributed by atoms with van der Waals surface area (Å²) in [6.45, 7) is 3.53. The van der Waals surface area contributed by atoms with Crippen molar-refractivity contribution < 1.29 is 25.2 Å². The SMILES string of the molecule is Cc1ccc(S(=O)(=O)OCC2(COS(=O)(=O)c3ccc(C)cc3)CCC2)cc1. The minimum atomic E-state index is -3.90. The van der Waals surface area contributed by atoms with Crippen molar-refractivity contribution in [3.05, 3.63) is 59.7 Å². The number of benzene rings is 2. The first-order valence-electron chi connectivity index (χ1n) is 9.04. The van der Waals surface area contributed by atoms with Gasteiger partial charge in [0.2, 0.25) is 0 Å². The summed E-state index contributed by atoms with van der Waals surface area (Å²) >= 11 is 0. The van der Waals surface area contributed by atoms with E-state index in [9.17, 15) is 16.8 Å². The molecular weight excluding hydrogens is 400 g/mol. The third kappa shape index (κ3) is 4.81. The van der Waals surface area contributed by atoms with Crippen LogP contribution in [0.15, 0.2) is 58.3 Å². The van der Waals surface area contributed by atoms with Gasteiger partial charge in [0.05, 0.1) is 23.0 Å². The second-order valence-electron chi connectivity index (χ2n) is 7.41. The summed E-state index contributed by atoms with van der Waals surface area (Å²) in [6.07, 6.45) is 2.18. The van der Waals surface area contributed by atoms with Crippen LogP contribution in [0.4, 0.5) is 0 Å². The van der Waals surface area contributed by atoms with Crippen molar-refractivity contribution in [1.29, 1.82) is 0 Å². The normalized spacial score (nSPS) is 16.5. The quantitative estimate of drug-likeness (QED) is 0.602. The van der Waals surface area contributed by atoms with Gasteiger partial charge in [-0.1, -0.05) is 41.8 Å². The van der Waals surface area contributed by atoms with E-state index >= 15 is 0 Å². The van der Waals surface area contributed by atoms with E-state index in [1.807, 2.05) is 13.8 Å². The molecule has 1 saturated carbocycles. The highest BCUT2D eigenvalue weighted by Gasteiger charge is 2.40. The summed E-state index contributed by atoms with van der Waals surface area (Å²) in [7, 11) is -7.80. The number of rotatable bonds is 8. The molecule has 0 amide bonds. The highest BCUT2D eigenvalue weighted by Crippen LogP contribution is 2.42. The fourth-order valence-electron chi connectivity index (χ4n) is 2.96. The average molecular weight is 425 g/mol. The minimum absolute atomic E-state index is 0.0840. The molecule has 0 aromatic heterocycles. The molecule has 2 aromatic rings. The van der Waals surface area contributed by atoms with Crippen molar-refractivity contribution in [1.82, 2.24) is 0 Å². The molecule has 0 saturated heterocycles. The Balaban J connectivity index is 1.65. The van der Waals surface area contributed by atoms with Crippen LogP contribution in [0, 0.1) is 19.3 Å². The third-order valence-electron chi connectivity index (χ3n) is 5.07. The highest BCUT2D eigenvalue weighted by molar-refractivity contribution is 7.87. The second kappa shape index (κ2) is 7.94. The van der Waals surface area contributed by atoms with E-state index in [4.69, 9.17) is 8.37 Å². The van der Waals surface area contributed by atoms with E-state index in [0.717, 1.165) is 17.5 Å². The second-order valence-corrected chi connectivity index (χ2v) is 10.6. The molecule has 152 valence electrons. The summed E-state index contributed by atoms with van der Waals surface area (Å²) < 4.78 is 60.1. The summed E-state index contributed by atoms with van der Waals surface area (Å²) in [5, 5.41) is 0. The highest BCUT2D eigenvalue weighted by atomic mass is 32.2. The zero-order valence-electron chi connectivity index (χ0n) is 15.9. The van der Waals surface area contributed by atoms with Crippen molar-refractivity contribution in [2.24, 2.45) is 5.41 Å². The summed E-state index contributed by atoms with van der Waals surface area (Å²) in [5.41, 5.74) is 1.28. The molecule has 2 aromatic carbocycles. The number of hydrogen-bond acceptors (Lipinski definition) is 6. The van der Waals surface area contributed by atoms with E-state index in [0.29, 0.717) is 12.8 Å². The average Bonchev–Trinajstić information content (AvgIpc) is 2.61. The van der Waals surface area contributed by atoms with Crippen LogP contribution >= 0.6 is 0 Å². The fraction of sp³-hybridized carbons (Fsp3) is 0.400. The first-order valence-corrected chi connectivity index (χ1v) is 11.9. The van der Waals surface area contributed by atoms with E-state index in [-0.39, 0.29) is 23.0 Å². The van der Waals surface area contributed by atoms with Crippen molar-refractivity contribution >= 4 is 20.2 Å². The molecule has 0 unspecified atom stereocenters. The Labute approximate surface area is 166 Å². The first kappa shape index (κ1) is 21.0. The van der Waals surface area contributed by atoms with Gasteiger partial charge in [0, 0.05) is 5.41 Å². The maximum absolute atomic E-state index is 12.4. The molecule has 0 heterocycles. The maximum Gasteiger partial charge on any atom is 0.296 e. The van der Waals surface area contributed by atoms with Gasteiger partial charge in [-0.05, 0) is 51.0 Å². The lowest BCUT2D eigenvalue weighted by molar-refractivity contribution is 0.0144. The first-order chi connectivity index (χ1) is 13.1. The molecular formula is C20H24O6S2. The van der Waals surface area contributed by atoms with Crippen LogP contribution in [0.2, 0.25) is 0 Å². The Morgan fingerprint density at radius 2 is 1.07 bits per heavy atom. The van der Waals surface area contributed by atoms with Crippen LogP contribution in [0.1, 0.15) is 30.4 Å². The smallest absolute Gasteiger partial charge is 0.266 e. The van der Waals surface area contributed by atoms with Crippen LogP contribution in [0.5, 0.6) is 0 Å². The van der Waals surface area contributed by atoms with Crippen LogP contribution in [0.3, 0.4) is 0 Å². The molecule has 1 aliphatic rings. The Bertz CT molecular complexity index is 938. The molecule has 0 aliphatic heterocycles.